The fourth-order valence-electron chi connectivity index (χ4n) is 2.82. The molecule has 1 aromatic carbocycles. The summed E-state index contributed by atoms with van der Waals surface area (Å²) in [5.41, 5.74) is 5.67. The Balaban J connectivity index is 2.33. The van der Waals surface area contributed by atoms with Gasteiger partial charge < -0.3 is 24.7 Å². The zero-order valence-corrected chi connectivity index (χ0v) is 15.6. The average molecular weight is 412 g/mol. The van der Waals surface area contributed by atoms with Gasteiger partial charge in [0, 0.05) is 6.07 Å². The van der Waals surface area contributed by atoms with Gasteiger partial charge in [0.1, 0.15) is 17.9 Å². The second-order valence-corrected chi connectivity index (χ2v) is 6.39. The second kappa shape index (κ2) is 7.64. The van der Waals surface area contributed by atoms with Crippen LogP contribution >= 0.6 is 23.2 Å². The van der Waals surface area contributed by atoms with Gasteiger partial charge in [-0.1, -0.05) is 35.3 Å². The number of esters is 1. The summed E-state index contributed by atoms with van der Waals surface area (Å²) >= 11 is 12.5. The fourth-order valence-corrected chi connectivity index (χ4v) is 3.24. The summed E-state index contributed by atoms with van der Waals surface area (Å²) in [5, 5.41) is 9.78. The highest BCUT2D eigenvalue weighted by Gasteiger charge is 2.40. The molecule has 27 heavy (non-hydrogen) atoms. The SMILES string of the molecule is CCOC(=O)C1=C(N)Oc2c(oc(CO)cc2=O)[C@H]1c1cccc(Cl)c1Cl. The largest absolute Gasteiger partial charge is 0.462 e. The van der Waals surface area contributed by atoms with Crippen LogP contribution in [0.4, 0.5) is 0 Å². The summed E-state index contributed by atoms with van der Waals surface area (Å²) in [4.78, 5) is 24.9. The number of halogens is 2. The molecule has 0 saturated carbocycles. The molecule has 0 bridgehead atoms. The molecule has 9 heteroatoms. The highest BCUT2D eigenvalue weighted by Crippen LogP contribution is 2.45. The molecule has 0 spiro atoms. The molecule has 0 radical (unpaired) electrons. The first-order valence-corrected chi connectivity index (χ1v) is 8.70. The molecule has 7 nitrogen and oxygen atoms in total. The third-order valence-electron chi connectivity index (χ3n) is 3.95. The Labute approximate surface area is 163 Å². The molecular formula is C18H15Cl2NO6. The predicted octanol–water partition coefficient (Wildman–Crippen LogP) is 2.70. The van der Waals surface area contributed by atoms with Gasteiger partial charge in [0.25, 0.3) is 0 Å². The molecule has 0 unspecified atom stereocenters. The molecule has 0 amide bonds. The maximum absolute atomic E-state index is 12.6. The molecule has 1 atom stereocenters. The molecule has 2 heterocycles. The van der Waals surface area contributed by atoms with Crippen LogP contribution in [-0.4, -0.2) is 17.7 Å². The lowest BCUT2D eigenvalue weighted by Gasteiger charge is -2.27. The lowest BCUT2D eigenvalue weighted by atomic mass is 9.86. The van der Waals surface area contributed by atoms with Crippen LogP contribution < -0.4 is 15.9 Å². The van der Waals surface area contributed by atoms with Gasteiger partial charge >= 0.3 is 5.97 Å². The summed E-state index contributed by atoms with van der Waals surface area (Å²) in [7, 11) is 0. The van der Waals surface area contributed by atoms with E-state index in [0.29, 0.717) is 5.56 Å². The summed E-state index contributed by atoms with van der Waals surface area (Å²) in [6.45, 7) is 1.21. The Hall–Kier alpha value is -2.48. The average Bonchev–Trinajstić information content (AvgIpc) is 2.63. The van der Waals surface area contributed by atoms with Crippen molar-refractivity contribution in [2.45, 2.75) is 19.4 Å². The molecule has 142 valence electrons. The van der Waals surface area contributed by atoms with Crippen LogP contribution in [0.2, 0.25) is 10.0 Å². The van der Waals surface area contributed by atoms with Crippen LogP contribution in [0.3, 0.4) is 0 Å². The van der Waals surface area contributed by atoms with Gasteiger partial charge in [-0.25, -0.2) is 4.79 Å². The zero-order valence-electron chi connectivity index (χ0n) is 14.1. The van der Waals surface area contributed by atoms with E-state index in [0.717, 1.165) is 6.07 Å². The Kier molecular flexibility index (Phi) is 5.46. The van der Waals surface area contributed by atoms with Crippen LogP contribution in [0.5, 0.6) is 5.75 Å². The highest BCUT2D eigenvalue weighted by molar-refractivity contribution is 6.42. The minimum atomic E-state index is -1.00. The highest BCUT2D eigenvalue weighted by atomic mass is 35.5. The van der Waals surface area contributed by atoms with Crippen molar-refractivity contribution in [3.8, 4) is 5.75 Å². The number of ether oxygens (including phenoxy) is 2. The molecule has 3 rings (SSSR count). The van der Waals surface area contributed by atoms with E-state index in [1.807, 2.05) is 0 Å². The molecule has 1 aliphatic rings. The van der Waals surface area contributed by atoms with E-state index >= 15 is 0 Å². The third-order valence-corrected chi connectivity index (χ3v) is 4.79. The van der Waals surface area contributed by atoms with Crippen LogP contribution in [0, 0.1) is 0 Å². The molecule has 2 aromatic rings. The second-order valence-electron chi connectivity index (χ2n) is 5.60. The molecule has 0 aliphatic carbocycles. The molecule has 0 fully saturated rings. The quantitative estimate of drug-likeness (QED) is 0.743. The first-order chi connectivity index (χ1) is 12.9. The van der Waals surface area contributed by atoms with E-state index in [2.05, 4.69) is 0 Å². The van der Waals surface area contributed by atoms with E-state index in [4.69, 9.17) is 42.8 Å². The van der Waals surface area contributed by atoms with E-state index in [1.54, 1.807) is 25.1 Å². The molecule has 3 N–H and O–H groups in total. The van der Waals surface area contributed by atoms with Crippen molar-refractivity contribution in [2.75, 3.05) is 6.61 Å². The summed E-state index contributed by atoms with van der Waals surface area (Å²) in [5.74, 6) is -2.27. The summed E-state index contributed by atoms with van der Waals surface area (Å²) in [6.07, 6.45) is 0. The maximum Gasteiger partial charge on any atom is 0.340 e. The number of hydrogen-bond donors (Lipinski definition) is 2. The normalized spacial score (nSPS) is 15.9. The number of hydrogen-bond acceptors (Lipinski definition) is 7. The maximum atomic E-state index is 12.6. The van der Waals surface area contributed by atoms with Gasteiger partial charge in [-0.15, -0.1) is 0 Å². The molecule has 0 saturated heterocycles. The van der Waals surface area contributed by atoms with Crippen molar-refractivity contribution in [3.63, 3.8) is 0 Å². The monoisotopic (exact) mass is 411 g/mol. The first kappa shape index (κ1) is 19.3. The van der Waals surface area contributed by atoms with Crippen molar-refractivity contribution in [1.29, 1.82) is 0 Å². The van der Waals surface area contributed by atoms with Gasteiger partial charge in [-0.05, 0) is 18.6 Å². The molecule has 1 aliphatic heterocycles. The Morgan fingerprint density at radius 3 is 2.78 bits per heavy atom. The van der Waals surface area contributed by atoms with Crippen LogP contribution in [0.1, 0.15) is 29.9 Å². The number of rotatable bonds is 4. The Morgan fingerprint density at radius 1 is 1.37 bits per heavy atom. The Bertz CT molecular complexity index is 998. The lowest BCUT2D eigenvalue weighted by molar-refractivity contribution is -0.139. The molecule has 1 aromatic heterocycles. The summed E-state index contributed by atoms with van der Waals surface area (Å²) in [6, 6.07) is 5.90. The third kappa shape index (κ3) is 3.41. The van der Waals surface area contributed by atoms with Crippen molar-refractivity contribution in [2.24, 2.45) is 5.73 Å². The molecular weight excluding hydrogens is 397 g/mol. The van der Waals surface area contributed by atoms with E-state index < -0.39 is 23.9 Å². The standard InChI is InChI=1S/C18H15Cl2NO6/c1-2-25-18(24)13-12(9-4-3-5-10(19)14(9)20)16-15(27-17(13)21)11(23)6-8(7-22)26-16/h3-6,12,22H,2,7,21H2,1H3/t12-/m0/s1. The number of aliphatic hydroxyl groups excluding tert-OH is 1. The zero-order chi connectivity index (χ0) is 19.7. The number of aliphatic hydroxyl groups is 1. The van der Waals surface area contributed by atoms with Gasteiger partial charge in [0.05, 0.1) is 22.6 Å². The topological polar surface area (TPSA) is 112 Å². The van der Waals surface area contributed by atoms with Gasteiger partial charge in [-0.2, -0.15) is 0 Å². The fraction of sp³-hybridized carbons (Fsp3) is 0.222. The van der Waals surface area contributed by atoms with Crippen LogP contribution in [0.15, 0.2) is 44.9 Å². The van der Waals surface area contributed by atoms with Gasteiger partial charge in [0.2, 0.25) is 17.1 Å². The van der Waals surface area contributed by atoms with Crippen LogP contribution in [0.25, 0.3) is 0 Å². The van der Waals surface area contributed by atoms with Crippen molar-refractivity contribution in [1.82, 2.24) is 0 Å². The van der Waals surface area contributed by atoms with E-state index in [-0.39, 0.29) is 45.4 Å². The number of nitrogens with two attached hydrogens (primary N) is 1. The first-order valence-electron chi connectivity index (χ1n) is 7.95. The van der Waals surface area contributed by atoms with Crippen molar-refractivity contribution in [3.05, 3.63) is 73.1 Å². The lowest BCUT2D eigenvalue weighted by Crippen LogP contribution is -2.30. The number of benzene rings is 1. The summed E-state index contributed by atoms with van der Waals surface area (Å²) < 4.78 is 16.1. The minimum Gasteiger partial charge on any atom is -0.462 e. The van der Waals surface area contributed by atoms with E-state index in [9.17, 15) is 14.7 Å². The predicted molar refractivity (Wildman–Crippen MR) is 97.7 cm³/mol. The van der Waals surface area contributed by atoms with Gasteiger partial charge in [-0.3, -0.25) is 4.79 Å². The number of fused-ring (bicyclic) bond motifs is 1. The minimum absolute atomic E-state index is 0.00539. The smallest absolute Gasteiger partial charge is 0.340 e. The Morgan fingerprint density at radius 2 is 2.11 bits per heavy atom. The van der Waals surface area contributed by atoms with Crippen molar-refractivity contribution >= 4 is 29.2 Å². The van der Waals surface area contributed by atoms with Gasteiger partial charge in [0.15, 0.2) is 5.76 Å². The van der Waals surface area contributed by atoms with Crippen LogP contribution in [-0.2, 0) is 16.1 Å². The number of carbonyl (C=O) groups excluding carboxylic acids is 1. The van der Waals surface area contributed by atoms with Crippen molar-refractivity contribution < 1.29 is 23.8 Å². The van der Waals surface area contributed by atoms with E-state index in [1.165, 1.54) is 0 Å². The number of carbonyl (C=O) groups is 1.